The summed E-state index contributed by atoms with van der Waals surface area (Å²) in [4.78, 5) is 18.4. The van der Waals surface area contributed by atoms with Crippen LogP contribution in [-0.4, -0.2) is 22.3 Å². The molecular formula is C10H11N3O2. The number of rotatable bonds is 3. The minimum atomic E-state index is 0.0514. The van der Waals surface area contributed by atoms with E-state index >= 15 is 0 Å². The predicted molar refractivity (Wildman–Crippen MR) is 56.0 cm³/mol. The van der Waals surface area contributed by atoms with Gasteiger partial charge in [0.2, 0.25) is 11.9 Å². The SMILES string of the molecule is CC(C)Nc1ccnc2nc(C=O)oc12. The van der Waals surface area contributed by atoms with Gasteiger partial charge in [-0.15, -0.1) is 0 Å². The van der Waals surface area contributed by atoms with Crippen LogP contribution in [0.2, 0.25) is 0 Å². The monoisotopic (exact) mass is 205 g/mol. The molecule has 0 amide bonds. The number of pyridine rings is 1. The van der Waals surface area contributed by atoms with E-state index < -0.39 is 0 Å². The topological polar surface area (TPSA) is 68.0 Å². The number of nitrogens with zero attached hydrogens (tertiary/aromatic N) is 2. The smallest absolute Gasteiger partial charge is 0.262 e. The third-order valence-electron chi connectivity index (χ3n) is 1.85. The first-order valence-electron chi connectivity index (χ1n) is 4.68. The van der Waals surface area contributed by atoms with Crippen LogP contribution >= 0.6 is 0 Å². The second kappa shape index (κ2) is 3.68. The van der Waals surface area contributed by atoms with Crippen molar-refractivity contribution in [1.29, 1.82) is 0 Å². The predicted octanol–water partition coefficient (Wildman–Crippen LogP) is 1.86. The molecule has 0 aliphatic carbocycles. The zero-order valence-electron chi connectivity index (χ0n) is 8.52. The van der Waals surface area contributed by atoms with Gasteiger partial charge in [0.1, 0.15) is 0 Å². The third kappa shape index (κ3) is 1.81. The number of oxazole rings is 1. The van der Waals surface area contributed by atoms with Crippen molar-refractivity contribution < 1.29 is 9.21 Å². The first-order valence-corrected chi connectivity index (χ1v) is 4.68. The average molecular weight is 205 g/mol. The molecule has 2 aromatic rings. The van der Waals surface area contributed by atoms with Gasteiger partial charge < -0.3 is 9.73 Å². The lowest BCUT2D eigenvalue weighted by Crippen LogP contribution is -2.09. The molecule has 2 aromatic heterocycles. The summed E-state index contributed by atoms with van der Waals surface area (Å²) in [5, 5.41) is 3.20. The van der Waals surface area contributed by atoms with Gasteiger partial charge in [0.15, 0.2) is 5.58 Å². The molecule has 5 nitrogen and oxygen atoms in total. The molecule has 1 N–H and O–H groups in total. The van der Waals surface area contributed by atoms with Crippen LogP contribution < -0.4 is 5.32 Å². The number of nitrogens with one attached hydrogen (secondary N) is 1. The second-order valence-corrected chi connectivity index (χ2v) is 3.48. The van der Waals surface area contributed by atoms with Crippen molar-refractivity contribution in [3.63, 3.8) is 0 Å². The Balaban J connectivity index is 2.54. The second-order valence-electron chi connectivity index (χ2n) is 3.48. The summed E-state index contributed by atoms with van der Waals surface area (Å²) in [5.74, 6) is 0.0514. The van der Waals surface area contributed by atoms with Crippen LogP contribution in [0.4, 0.5) is 5.69 Å². The molecule has 0 aromatic carbocycles. The Morgan fingerprint density at radius 1 is 1.53 bits per heavy atom. The van der Waals surface area contributed by atoms with Crippen molar-refractivity contribution in [3.05, 3.63) is 18.2 Å². The lowest BCUT2D eigenvalue weighted by atomic mass is 10.3. The van der Waals surface area contributed by atoms with E-state index in [0.717, 1.165) is 5.69 Å². The van der Waals surface area contributed by atoms with Gasteiger partial charge in [0.25, 0.3) is 5.89 Å². The number of aromatic nitrogens is 2. The van der Waals surface area contributed by atoms with Crippen molar-refractivity contribution >= 4 is 23.2 Å². The van der Waals surface area contributed by atoms with E-state index in [2.05, 4.69) is 15.3 Å². The number of carbonyl (C=O) groups is 1. The Bertz CT molecular complexity index is 490. The van der Waals surface area contributed by atoms with Crippen LogP contribution in [0, 0.1) is 0 Å². The van der Waals surface area contributed by atoms with Gasteiger partial charge in [-0.1, -0.05) is 0 Å². The molecule has 0 radical (unpaired) electrons. The van der Waals surface area contributed by atoms with Gasteiger partial charge in [-0.05, 0) is 19.9 Å². The molecule has 5 heteroatoms. The van der Waals surface area contributed by atoms with Crippen molar-refractivity contribution in [2.75, 3.05) is 5.32 Å². The highest BCUT2D eigenvalue weighted by Gasteiger charge is 2.10. The van der Waals surface area contributed by atoms with E-state index in [4.69, 9.17) is 4.42 Å². The Hall–Kier alpha value is -1.91. The number of hydrogen-bond acceptors (Lipinski definition) is 5. The van der Waals surface area contributed by atoms with E-state index in [-0.39, 0.29) is 11.9 Å². The fourth-order valence-electron chi connectivity index (χ4n) is 1.32. The maximum atomic E-state index is 10.5. The summed E-state index contributed by atoms with van der Waals surface area (Å²) in [6.07, 6.45) is 2.20. The number of anilines is 1. The zero-order valence-corrected chi connectivity index (χ0v) is 8.52. The Kier molecular flexibility index (Phi) is 2.37. The standard InChI is InChI=1S/C10H11N3O2/c1-6(2)12-7-3-4-11-10-9(7)15-8(5-14)13-10/h3-6H,1-2H3,(H,11,12). The van der Waals surface area contributed by atoms with Crippen LogP contribution in [0.15, 0.2) is 16.7 Å². The van der Waals surface area contributed by atoms with Crippen molar-refractivity contribution in [1.82, 2.24) is 9.97 Å². The minimum absolute atomic E-state index is 0.0514. The quantitative estimate of drug-likeness (QED) is 0.774. The van der Waals surface area contributed by atoms with E-state index in [0.29, 0.717) is 17.5 Å². The summed E-state index contributed by atoms with van der Waals surface area (Å²) < 4.78 is 5.25. The lowest BCUT2D eigenvalue weighted by molar-refractivity contribution is 0.109. The summed E-state index contributed by atoms with van der Waals surface area (Å²) in [6, 6.07) is 2.07. The first-order chi connectivity index (χ1) is 7.20. The lowest BCUT2D eigenvalue weighted by Gasteiger charge is -2.08. The van der Waals surface area contributed by atoms with Crippen LogP contribution in [0.3, 0.4) is 0 Å². The van der Waals surface area contributed by atoms with Crippen molar-refractivity contribution in [2.45, 2.75) is 19.9 Å². The third-order valence-corrected chi connectivity index (χ3v) is 1.85. The maximum Gasteiger partial charge on any atom is 0.262 e. The van der Waals surface area contributed by atoms with Crippen molar-refractivity contribution in [3.8, 4) is 0 Å². The molecule has 0 spiro atoms. The fourth-order valence-corrected chi connectivity index (χ4v) is 1.32. The summed E-state index contributed by atoms with van der Waals surface area (Å²) >= 11 is 0. The molecule has 2 rings (SSSR count). The zero-order chi connectivity index (χ0) is 10.8. The summed E-state index contributed by atoms with van der Waals surface area (Å²) in [5.41, 5.74) is 1.77. The Labute approximate surface area is 86.5 Å². The molecule has 0 fully saturated rings. The normalized spacial score (nSPS) is 10.9. The van der Waals surface area contributed by atoms with E-state index in [9.17, 15) is 4.79 Å². The number of carbonyl (C=O) groups excluding carboxylic acids is 1. The highest BCUT2D eigenvalue weighted by Crippen LogP contribution is 2.22. The van der Waals surface area contributed by atoms with Gasteiger partial charge in [0.05, 0.1) is 5.69 Å². The van der Waals surface area contributed by atoms with Gasteiger partial charge in [-0.3, -0.25) is 4.79 Å². The molecule has 0 aliphatic rings. The van der Waals surface area contributed by atoms with Crippen LogP contribution in [0.25, 0.3) is 11.2 Å². The van der Waals surface area contributed by atoms with Gasteiger partial charge in [-0.2, -0.15) is 4.98 Å². The molecule has 15 heavy (non-hydrogen) atoms. The van der Waals surface area contributed by atoms with E-state index in [1.807, 2.05) is 13.8 Å². The molecule has 0 bridgehead atoms. The van der Waals surface area contributed by atoms with E-state index in [1.54, 1.807) is 12.3 Å². The number of fused-ring (bicyclic) bond motifs is 1. The van der Waals surface area contributed by atoms with E-state index in [1.165, 1.54) is 0 Å². The first kappa shape index (κ1) is 9.64. The Morgan fingerprint density at radius 3 is 3.00 bits per heavy atom. The highest BCUT2D eigenvalue weighted by molar-refractivity contribution is 5.85. The van der Waals surface area contributed by atoms with Gasteiger partial charge in [0, 0.05) is 12.2 Å². The molecule has 0 atom stereocenters. The van der Waals surface area contributed by atoms with Crippen LogP contribution in [-0.2, 0) is 0 Å². The van der Waals surface area contributed by atoms with Crippen molar-refractivity contribution in [2.24, 2.45) is 0 Å². The maximum absolute atomic E-state index is 10.5. The molecule has 0 saturated carbocycles. The largest absolute Gasteiger partial charge is 0.430 e. The molecule has 0 unspecified atom stereocenters. The summed E-state index contributed by atoms with van der Waals surface area (Å²) in [6.45, 7) is 4.03. The molecular weight excluding hydrogens is 194 g/mol. The Morgan fingerprint density at radius 2 is 2.33 bits per heavy atom. The average Bonchev–Trinajstić information content (AvgIpc) is 2.61. The number of hydrogen-bond donors (Lipinski definition) is 1. The van der Waals surface area contributed by atoms with Gasteiger partial charge >= 0.3 is 0 Å². The number of aldehydes is 1. The van der Waals surface area contributed by atoms with Crippen LogP contribution in [0.1, 0.15) is 24.5 Å². The molecule has 0 saturated heterocycles. The van der Waals surface area contributed by atoms with Crippen LogP contribution in [0.5, 0.6) is 0 Å². The highest BCUT2D eigenvalue weighted by atomic mass is 16.4. The molecule has 2 heterocycles. The molecule has 0 aliphatic heterocycles. The summed E-state index contributed by atoms with van der Waals surface area (Å²) in [7, 11) is 0. The van der Waals surface area contributed by atoms with Gasteiger partial charge in [-0.25, -0.2) is 4.98 Å². The molecule has 78 valence electrons. The minimum Gasteiger partial charge on any atom is -0.430 e. The fraction of sp³-hybridized carbons (Fsp3) is 0.300.